The second-order valence-electron chi connectivity index (χ2n) is 7.21. The van der Waals surface area contributed by atoms with Crippen LogP contribution in [0.1, 0.15) is 37.8 Å². The van der Waals surface area contributed by atoms with Crippen LogP contribution < -0.4 is 10.1 Å². The van der Waals surface area contributed by atoms with E-state index >= 15 is 0 Å². The predicted molar refractivity (Wildman–Crippen MR) is 119 cm³/mol. The minimum absolute atomic E-state index is 0.0416. The number of anilines is 1. The highest BCUT2D eigenvalue weighted by Gasteiger charge is 2.26. The molecular formula is C21H32N4O5S. The summed E-state index contributed by atoms with van der Waals surface area (Å²) < 4.78 is 38.2. The van der Waals surface area contributed by atoms with Crippen LogP contribution in [0.2, 0.25) is 0 Å². The lowest BCUT2D eigenvalue weighted by atomic mass is 10.2. The number of likely N-dealkylation sites (N-methyl/N-ethyl adjacent to an activating group) is 1. The van der Waals surface area contributed by atoms with E-state index in [1.807, 2.05) is 25.8 Å². The van der Waals surface area contributed by atoms with Crippen LogP contribution in [0, 0.1) is 13.8 Å². The molecule has 0 aliphatic rings. The van der Waals surface area contributed by atoms with Crippen LogP contribution >= 0.6 is 0 Å². The predicted octanol–water partition coefficient (Wildman–Crippen LogP) is 2.79. The number of rotatable bonds is 11. The molecule has 0 bridgehead atoms. The van der Waals surface area contributed by atoms with Gasteiger partial charge in [-0.2, -0.15) is 4.31 Å². The van der Waals surface area contributed by atoms with Gasteiger partial charge in [0.25, 0.3) is 0 Å². The second-order valence-corrected chi connectivity index (χ2v) is 9.11. The molecule has 0 unspecified atom stereocenters. The van der Waals surface area contributed by atoms with Crippen LogP contribution in [0.3, 0.4) is 0 Å². The topological polar surface area (TPSA) is 105 Å². The SMILES string of the molecule is CCOc1ccc(NC(=O)CN(C)Cc2c(C)noc2C)cc1S(=O)(=O)N(CC)CC. The lowest BCUT2D eigenvalue weighted by Crippen LogP contribution is -2.31. The summed E-state index contributed by atoms with van der Waals surface area (Å²) in [6, 6.07) is 4.66. The van der Waals surface area contributed by atoms with Gasteiger partial charge in [-0.1, -0.05) is 19.0 Å². The van der Waals surface area contributed by atoms with Crippen LogP contribution in [-0.2, 0) is 21.4 Å². The molecule has 0 fully saturated rings. The number of hydrogen-bond acceptors (Lipinski definition) is 7. The summed E-state index contributed by atoms with van der Waals surface area (Å²) in [6.45, 7) is 10.7. The van der Waals surface area contributed by atoms with Crippen LogP contribution in [0.5, 0.6) is 5.75 Å². The number of ether oxygens (including phenoxy) is 1. The first kappa shape index (κ1) is 24.8. The Balaban J connectivity index is 2.18. The number of hydrogen-bond donors (Lipinski definition) is 1. The van der Waals surface area contributed by atoms with E-state index < -0.39 is 10.0 Å². The maximum Gasteiger partial charge on any atom is 0.246 e. The Morgan fingerprint density at radius 1 is 1.19 bits per heavy atom. The monoisotopic (exact) mass is 452 g/mol. The fourth-order valence-electron chi connectivity index (χ4n) is 3.26. The fourth-order valence-corrected chi connectivity index (χ4v) is 4.88. The molecule has 2 rings (SSSR count). The quantitative estimate of drug-likeness (QED) is 0.559. The van der Waals surface area contributed by atoms with Gasteiger partial charge in [-0.25, -0.2) is 8.42 Å². The lowest BCUT2D eigenvalue weighted by molar-refractivity contribution is -0.117. The first-order chi connectivity index (χ1) is 14.6. The highest BCUT2D eigenvalue weighted by Crippen LogP contribution is 2.30. The molecule has 0 saturated carbocycles. The molecule has 1 aromatic carbocycles. The number of aromatic nitrogens is 1. The molecular weight excluding hydrogens is 420 g/mol. The van der Waals surface area contributed by atoms with E-state index in [0.717, 1.165) is 17.0 Å². The van der Waals surface area contributed by atoms with E-state index in [0.29, 0.717) is 31.9 Å². The minimum Gasteiger partial charge on any atom is -0.492 e. The number of amides is 1. The van der Waals surface area contributed by atoms with E-state index in [1.54, 1.807) is 32.9 Å². The number of carbonyl (C=O) groups excluding carboxylic acids is 1. The average Bonchev–Trinajstić information content (AvgIpc) is 3.01. The summed E-state index contributed by atoms with van der Waals surface area (Å²) in [6.07, 6.45) is 0. The maximum atomic E-state index is 13.1. The Labute approximate surface area is 184 Å². The number of nitrogens with one attached hydrogen (secondary N) is 1. The molecule has 0 aliphatic heterocycles. The molecule has 10 heteroatoms. The van der Waals surface area contributed by atoms with E-state index in [4.69, 9.17) is 9.26 Å². The van der Waals surface area contributed by atoms with Gasteiger partial charge in [-0.3, -0.25) is 9.69 Å². The summed E-state index contributed by atoms with van der Waals surface area (Å²) in [4.78, 5) is 14.4. The zero-order chi connectivity index (χ0) is 23.2. The standard InChI is InChI=1S/C21H32N4O5S/c1-7-25(8-2)31(27,28)20-12-17(10-11-19(20)29-9-3)22-21(26)14-24(6)13-18-15(4)23-30-16(18)5/h10-12H,7-9,13-14H2,1-6H3,(H,22,26). The third-order valence-electron chi connectivity index (χ3n) is 4.87. The van der Waals surface area contributed by atoms with Gasteiger partial charge in [0.05, 0.1) is 18.8 Å². The largest absolute Gasteiger partial charge is 0.492 e. The van der Waals surface area contributed by atoms with Crippen molar-refractivity contribution in [3.8, 4) is 5.75 Å². The molecule has 0 spiro atoms. The summed E-state index contributed by atoms with van der Waals surface area (Å²) in [5, 5.41) is 6.71. The van der Waals surface area contributed by atoms with Gasteiger partial charge in [-0.05, 0) is 46.0 Å². The van der Waals surface area contributed by atoms with Gasteiger partial charge in [0.2, 0.25) is 15.9 Å². The Kier molecular flexibility index (Phi) is 8.60. The van der Waals surface area contributed by atoms with Gasteiger partial charge >= 0.3 is 0 Å². The normalized spacial score (nSPS) is 11.9. The van der Waals surface area contributed by atoms with E-state index in [2.05, 4.69) is 10.5 Å². The molecule has 0 radical (unpaired) electrons. The van der Waals surface area contributed by atoms with Crippen molar-refractivity contribution < 1.29 is 22.5 Å². The van der Waals surface area contributed by atoms with Crippen molar-refractivity contribution >= 4 is 21.6 Å². The molecule has 0 aliphatic carbocycles. The number of aryl methyl sites for hydroxylation is 2. The molecule has 1 aromatic heterocycles. The average molecular weight is 453 g/mol. The van der Waals surface area contributed by atoms with Crippen molar-refractivity contribution in [2.75, 3.05) is 38.6 Å². The highest BCUT2D eigenvalue weighted by molar-refractivity contribution is 7.89. The van der Waals surface area contributed by atoms with Gasteiger partial charge in [0.15, 0.2) is 0 Å². The lowest BCUT2D eigenvalue weighted by Gasteiger charge is -2.21. The molecule has 31 heavy (non-hydrogen) atoms. The van der Waals surface area contributed by atoms with Crippen LogP contribution in [0.15, 0.2) is 27.6 Å². The zero-order valence-electron chi connectivity index (χ0n) is 19.1. The molecule has 1 heterocycles. The van der Waals surface area contributed by atoms with E-state index in [-0.39, 0.29) is 23.1 Å². The van der Waals surface area contributed by atoms with Crippen molar-refractivity contribution in [2.24, 2.45) is 0 Å². The van der Waals surface area contributed by atoms with Crippen molar-refractivity contribution in [2.45, 2.75) is 46.1 Å². The van der Waals surface area contributed by atoms with Gasteiger partial charge < -0.3 is 14.6 Å². The summed E-state index contributed by atoms with van der Waals surface area (Å²) in [5.41, 5.74) is 2.14. The first-order valence-electron chi connectivity index (χ1n) is 10.3. The Morgan fingerprint density at radius 3 is 2.42 bits per heavy atom. The smallest absolute Gasteiger partial charge is 0.246 e. The Morgan fingerprint density at radius 2 is 1.87 bits per heavy atom. The third kappa shape index (κ3) is 6.05. The van der Waals surface area contributed by atoms with E-state index in [1.165, 1.54) is 10.4 Å². The molecule has 9 nitrogen and oxygen atoms in total. The summed E-state index contributed by atoms with van der Waals surface area (Å²) >= 11 is 0. The Hall–Kier alpha value is -2.43. The number of nitrogens with zero attached hydrogens (tertiary/aromatic N) is 3. The van der Waals surface area contributed by atoms with E-state index in [9.17, 15) is 13.2 Å². The molecule has 1 N–H and O–H groups in total. The van der Waals surface area contributed by atoms with Crippen LogP contribution in [0.4, 0.5) is 5.69 Å². The van der Waals surface area contributed by atoms with Crippen molar-refractivity contribution in [1.29, 1.82) is 0 Å². The molecule has 0 atom stereocenters. The van der Waals surface area contributed by atoms with Crippen molar-refractivity contribution in [1.82, 2.24) is 14.4 Å². The second kappa shape index (κ2) is 10.7. The first-order valence-corrected chi connectivity index (χ1v) is 11.7. The van der Waals surface area contributed by atoms with Gasteiger partial charge in [-0.15, -0.1) is 0 Å². The molecule has 2 aromatic rings. The molecule has 172 valence electrons. The minimum atomic E-state index is -3.75. The van der Waals surface area contributed by atoms with Gasteiger partial charge in [0.1, 0.15) is 16.4 Å². The zero-order valence-corrected chi connectivity index (χ0v) is 19.9. The van der Waals surface area contributed by atoms with Crippen molar-refractivity contribution in [3.05, 3.63) is 35.2 Å². The van der Waals surface area contributed by atoms with Crippen molar-refractivity contribution in [3.63, 3.8) is 0 Å². The van der Waals surface area contributed by atoms with Crippen LogP contribution in [0.25, 0.3) is 0 Å². The molecule has 1 amide bonds. The number of carbonyl (C=O) groups is 1. The number of benzene rings is 1. The highest BCUT2D eigenvalue weighted by atomic mass is 32.2. The molecule has 0 saturated heterocycles. The Bertz CT molecular complexity index is 980. The third-order valence-corrected chi connectivity index (χ3v) is 6.94. The summed E-state index contributed by atoms with van der Waals surface area (Å²) in [5.74, 6) is 0.732. The van der Waals surface area contributed by atoms with Gasteiger partial charge in [0, 0.05) is 30.9 Å². The fraction of sp³-hybridized carbons (Fsp3) is 0.524. The summed E-state index contributed by atoms with van der Waals surface area (Å²) in [7, 11) is -1.93. The maximum absolute atomic E-state index is 13.1. The number of sulfonamides is 1. The van der Waals surface area contributed by atoms with Crippen LogP contribution in [-0.4, -0.2) is 62.0 Å².